The molecule has 6 heteroatoms. The molecule has 1 aromatic rings. The molecule has 0 spiro atoms. The van der Waals surface area contributed by atoms with Gasteiger partial charge in [-0.2, -0.15) is 0 Å². The van der Waals surface area contributed by atoms with Crippen molar-refractivity contribution in [3.05, 3.63) is 24.3 Å². The monoisotopic (exact) mass is 361 g/mol. The molecule has 1 saturated heterocycles. The van der Waals surface area contributed by atoms with Crippen LogP contribution in [0.2, 0.25) is 0 Å². The Labute approximate surface area is 156 Å². The number of piperazine rings is 1. The Morgan fingerprint density at radius 2 is 1.73 bits per heavy atom. The molecule has 26 heavy (non-hydrogen) atoms. The Kier molecular flexibility index (Phi) is 7.03. The summed E-state index contributed by atoms with van der Waals surface area (Å²) < 4.78 is 5.20. The third-order valence-corrected chi connectivity index (χ3v) is 4.63. The fourth-order valence-electron chi connectivity index (χ4n) is 3.39. The average molecular weight is 361 g/mol. The van der Waals surface area contributed by atoms with Crippen molar-refractivity contribution in [3.63, 3.8) is 0 Å². The summed E-state index contributed by atoms with van der Waals surface area (Å²) in [4.78, 5) is 28.1. The Balaban J connectivity index is 1.73. The molecule has 1 heterocycles. The van der Waals surface area contributed by atoms with Crippen LogP contribution in [0.5, 0.6) is 5.75 Å². The highest BCUT2D eigenvalue weighted by atomic mass is 16.5. The van der Waals surface area contributed by atoms with E-state index in [0.29, 0.717) is 12.8 Å². The maximum Gasteiger partial charge on any atom is 0.221 e. The van der Waals surface area contributed by atoms with E-state index in [1.165, 1.54) is 5.69 Å². The number of rotatable bonds is 8. The lowest BCUT2D eigenvalue weighted by Gasteiger charge is -2.36. The number of methoxy groups -OCH3 is 1. The molecule has 0 atom stereocenters. The summed E-state index contributed by atoms with van der Waals surface area (Å²) in [6.45, 7) is 9.86. The maximum atomic E-state index is 12.2. The highest BCUT2D eigenvalue weighted by molar-refractivity contribution is 5.80. The summed E-state index contributed by atoms with van der Waals surface area (Å²) in [7, 11) is 1.67. The van der Waals surface area contributed by atoms with E-state index in [1.54, 1.807) is 14.0 Å². The molecule has 0 radical (unpaired) electrons. The third-order valence-electron chi connectivity index (χ3n) is 4.63. The van der Waals surface area contributed by atoms with Gasteiger partial charge in [-0.15, -0.1) is 0 Å². The largest absolute Gasteiger partial charge is 0.497 e. The van der Waals surface area contributed by atoms with Crippen LogP contribution in [0, 0.1) is 0 Å². The first-order chi connectivity index (χ1) is 12.3. The van der Waals surface area contributed by atoms with Gasteiger partial charge in [-0.25, -0.2) is 0 Å². The zero-order valence-corrected chi connectivity index (χ0v) is 16.4. The molecule has 1 fully saturated rings. The lowest BCUT2D eigenvalue weighted by atomic mass is 9.98. The summed E-state index contributed by atoms with van der Waals surface area (Å²) in [6.07, 6.45) is 0.823. The second kappa shape index (κ2) is 9.03. The minimum Gasteiger partial charge on any atom is -0.497 e. The van der Waals surface area contributed by atoms with Crippen molar-refractivity contribution in [2.75, 3.05) is 44.7 Å². The van der Waals surface area contributed by atoms with Gasteiger partial charge in [0.15, 0.2) is 0 Å². The molecule has 0 aromatic heterocycles. The van der Waals surface area contributed by atoms with E-state index in [4.69, 9.17) is 4.74 Å². The van der Waals surface area contributed by atoms with Crippen molar-refractivity contribution in [2.45, 2.75) is 39.2 Å². The normalized spacial score (nSPS) is 15.6. The van der Waals surface area contributed by atoms with Crippen LogP contribution in [-0.4, -0.2) is 62.0 Å². The second-order valence-corrected chi connectivity index (χ2v) is 7.59. The number of amides is 1. The van der Waals surface area contributed by atoms with Crippen molar-refractivity contribution in [3.8, 4) is 5.75 Å². The zero-order valence-electron chi connectivity index (χ0n) is 16.4. The van der Waals surface area contributed by atoms with E-state index in [1.807, 2.05) is 26.0 Å². The molecule has 144 valence electrons. The van der Waals surface area contributed by atoms with Gasteiger partial charge in [-0.05, 0) is 45.0 Å². The van der Waals surface area contributed by atoms with Crippen LogP contribution in [-0.2, 0) is 9.59 Å². The summed E-state index contributed by atoms with van der Waals surface area (Å²) in [6, 6.07) is 8.13. The molecule has 0 bridgehead atoms. The number of anilines is 1. The number of nitrogens with one attached hydrogen (secondary N) is 1. The van der Waals surface area contributed by atoms with Gasteiger partial charge in [0.1, 0.15) is 11.5 Å². The summed E-state index contributed by atoms with van der Waals surface area (Å²) >= 11 is 0. The minimum absolute atomic E-state index is 0.00818. The molecule has 2 rings (SSSR count). The van der Waals surface area contributed by atoms with Gasteiger partial charge < -0.3 is 15.0 Å². The fraction of sp³-hybridized carbons (Fsp3) is 0.600. The van der Waals surface area contributed by atoms with Crippen molar-refractivity contribution in [2.24, 2.45) is 0 Å². The van der Waals surface area contributed by atoms with E-state index >= 15 is 0 Å². The lowest BCUT2D eigenvalue weighted by Crippen LogP contribution is -2.49. The molecule has 1 amide bonds. The van der Waals surface area contributed by atoms with E-state index in [0.717, 1.165) is 38.5 Å². The van der Waals surface area contributed by atoms with Gasteiger partial charge in [-0.3, -0.25) is 14.5 Å². The molecule has 0 unspecified atom stereocenters. The molecule has 6 nitrogen and oxygen atoms in total. The number of ketones is 1. The predicted octanol–water partition coefficient (Wildman–Crippen LogP) is 2.08. The quantitative estimate of drug-likeness (QED) is 0.768. The van der Waals surface area contributed by atoms with E-state index in [-0.39, 0.29) is 11.7 Å². The molecule has 1 aliphatic rings. The molecule has 0 aliphatic carbocycles. The van der Waals surface area contributed by atoms with Crippen LogP contribution in [0.15, 0.2) is 24.3 Å². The summed E-state index contributed by atoms with van der Waals surface area (Å²) in [5, 5.41) is 2.96. The molecular formula is C20H31N3O3. The van der Waals surface area contributed by atoms with Crippen LogP contribution >= 0.6 is 0 Å². The van der Waals surface area contributed by atoms with Crippen LogP contribution < -0.4 is 15.0 Å². The molecule has 1 N–H and O–H groups in total. The van der Waals surface area contributed by atoms with Crippen LogP contribution in [0.4, 0.5) is 5.69 Å². The number of nitrogens with zero attached hydrogens (tertiary/aromatic N) is 2. The van der Waals surface area contributed by atoms with Crippen LogP contribution in [0.3, 0.4) is 0 Å². The highest BCUT2D eigenvalue weighted by Gasteiger charge is 2.23. The molecule has 0 saturated carbocycles. The summed E-state index contributed by atoms with van der Waals surface area (Å²) in [5.41, 5.74) is 0.727. The molecule has 1 aromatic carbocycles. The van der Waals surface area contributed by atoms with Gasteiger partial charge >= 0.3 is 0 Å². The smallest absolute Gasteiger partial charge is 0.221 e. The Morgan fingerprint density at radius 3 is 2.27 bits per heavy atom. The van der Waals surface area contributed by atoms with Crippen molar-refractivity contribution in [1.29, 1.82) is 0 Å². The molecule has 1 aliphatic heterocycles. The average Bonchev–Trinajstić information content (AvgIpc) is 2.59. The third kappa shape index (κ3) is 6.33. The number of benzene rings is 1. The standard InChI is InChI=1S/C20H31N3O3/c1-16(24)15-20(2,3)21-19(25)9-10-22-11-13-23(14-12-22)17-5-7-18(26-4)8-6-17/h5-8H,9-15H2,1-4H3,(H,21,25). The van der Waals surface area contributed by atoms with Gasteiger partial charge in [0, 0.05) is 56.8 Å². The fourth-order valence-corrected chi connectivity index (χ4v) is 3.39. The number of ether oxygens (including phenoxy) is 1. The van der Waals surface area contributed by atoms with Crippen LogP contribution in [0.1, 0.15) is 33.6 Å². The number of hydrogen-bond donors (Lipinski definition) is 1. The Morgan fingerprint density at radius 1 is 1.12 bits per heavy atom. The van der Waals surface area contributed by atoms with E-state index in [2.05, 4.69) is 27.2 Å². The van der Waals surface area contributed by atoms with Gasteiger partial charge in [-0.1, -0.05) is 0 Å². The van der Waals surface area contributed by atoms with E-state index < -0.39 is 5.54 Å². The number of Topliss-reactive ketones (excluding diaryl/α,β-unsaturated/α-hetero) is 1. The maximum absolute atomic E-state index is 12.2. The Hall–Kier alpha value is -2.08. The first-order valence-corrected chi connectivity index (χ1v) is 9.21. The number of carbonyl (C=O) groups excluding carboxylic acids is 2. The first-order valence-electron chi connectivity index (χ1n) is 9.21. The highest BCUT2D eigenvalue weighted by Crippen LogP contribution is 2.20. The van der Waals surface area contributed by atoms with Crippen LogP contribution in [0.25, 0.3) is 0 Å². The van der Waals surface area contributed by atoms with E-state index in [9.17, 15) is 9.59 Å². The SMILES string of the molecule is COc1ccc(N2CCN(CCC(=O)NC(C)(C)CC(C)=O)CC2)cc1. The number of carbonyl (C=O) groups is 2. The Bertz CT molecular complexity index is 605. The minimum atomic E-state index is -0.476. The topological polar surface area (TPSA) is 61.9 Å². The number of hydrogen-bond acceptors (Lipinski definition) is 5. The summed E-state index contributed by atoms with van der Waals surface area (Å²) in [5.74, 6) is 0.963. The van der Waals surface area contributed by atoms with Crippen molar-refractivity contribution in [1.82, 2.24) is 10.2 Å². The van der Waals surface area contributed by atoms with Crippen molar-refractivity contribution < 1.29 is 14.3 Å². The lowest BCUT2D eigenvalue weighted by molar-refractivity contribution is -0.124. The van der Waals surface area contributed by atoms with Crippen molar-refractivity contribution >= 4 is 17.4 Å². The van der Waals surface area contributed by atoms with Gasteiger partial charge in [0.2, 0.25) is 5.91 Å². The zero-order chi connectivity index (χ0) is 19.2. The second-order valence-electron chi connectivity index (χ2n) is 7.59. The predicted molar refractivity (Wildman–Crippen MR) is 104 cm³/mol. The first kappa shape index (κ1) is 20.2. The van der Waals surface area contributed by atoms with Gasteiger partial charge in [0.25, 0.3) is 0 Å². The molecular weight excluding hydrogens is 330 g/mol. The van der Waals surface area contributed by atoms with Gasteiger partial charge in [0.05, 0.1) is 7.11 Å².